The third-order valence-electron chi connectivity index (χ3n) is 5.34. The summed E-state index contributed by atoms with van der Waals surface area (Å²) in [6.45, 7) is 2.79. The van der Waals surface area contributed by atoms with E-state index in [0.717, 1.165) is 0 Å². The lowest BCUT2D eigenvalue weighted by atomic mass is 10.1. The Hall–Kier alpha value is -2.68. The van der Waals surface area contributed by atoms with Gasteiger partial charge in [0.2, 0.25) is 10.0 Å². The molecule has 1 aromatic heterocycles. The number of hydrogen-bond acceptors (Lipinski definition) is 5. The van der Waals surface area contributed by atoms with Crippen LogP contribution in [0.3, 0.4) is 0 Å². The number of nitrogens with zero attached hydrogens (tertiary/aromatic N) is 2. The highest BCUT2D eigenvalue weighted by Gasteiger charge is 2.29. The monoisotopic (exact) mass is 429 g/mol. The van der Waals surface area contributed by atoms with Gasteiger partial charge in [0.15, 0.2) is 0 Å². The van der Waals surface area contributed by atoms with Crippen LogP contribution in [-0.4, -0.2) is 46.0 Å². The van der Waals surface area contributed by atoms with E-state index in [1.807, 2.05) is 17.0 Å². The molecule has 1 aliphatic heterocycles. The molecule has 0 unspecified atom stereocenters. The largest absolute Gasteiger partial charge is 0.468 e. The fraction of sp³-hybridized carbons (Fsp3) is 0.273. The molecule has 0 amide bonds. The minimum absolute atomic E-state index is 0.185. The molecule has 2 heterocycles. The Morgan fingerprint density at radius 2 is 1.63 bits per heavy atom. The maximum atomic E-state index is 14.1. The summed E-state index contributed by atoms with van der Waals surface area (Å²) in [6.07, 6.45) is 1.59. The minimum atomic E-state index is -3.62. The maximum Gasteiger partial charge on any atom is 0.240 e. The molecule has 1 aliphatic rings. The van der Waals surface area contributed by atoms with Crippen molar-refractivity contribution >= 4 is 15.7 Å². The number of benzene rings is 2. The van der Waals surface area contributed by atoms with Crippen molar-refractivity contribution < 1.29 is 17.2 Å². The van der Waals surface area contributed by atoms with Crippen molar-refractivity contribution in [2.75, 3.05) is 37.6 Å². The Balaban J connectivity index is 1.46. The average molecular weight is 430 g/mol. The molecule has 0 radical (unpaired) electrons. The third kappa shape index (κ3) is 4.56. The Kier molecular flexibility index (Phi) is 6.17. The third-order valence-corrected chi connectivity index (χ3v) is 6.78. The maximum absolute atomic E-state index is 14.1. The summed E-state index contributed by atoms with van der Waals surface area (Å²) >= 11 is 0. The second kappa shape index (κ2) is 8.99. The van der Waals surface area contributed by atoms with Gasteiger partial charge in [-0.25, -0.2) is 17.5 Å². The normalized spacial score (nSPS) is 16.5. The van der Waals surface area contributed by atoms with Crippen LogP contribution >= 0.6 is 0 Å². The molecular formula is C22H24FN3O3S. The molecule has 30 heavy (non-hydrogen) atoms. The quantitative estimate of drug-likeness (QED) is 0.625. The summed E-state index contributed by atoms with van der Waals surface area (Å²) in [5.74, 6) is 0.467. The van der Waals surface area contributed by atoms with Crippen molar-refractivity contribution in [2.45, 2.75) is 10.9 Å². The van der Waals surface area contributed by atoms with Gasteiger partial charge in [-0.2, -0.15) is 0 Å². The first kappa shape index (κ1) is 20.6. The van der Waals surface area contributed by atoms with Gasteiger partial charge in [0, 0.05) is 32.7 Å². The van der Waals surface area contributed by atoms with E-state index in [2.05, 4.69) is 9.62 Å². The van der Waals surface area contributed by atoms with Crippen LogP contribution in [0, 0.1) is 5.82 Å². The molecule has 158 valence electrons. The van der Waals surface area contributed by atoms with Crippen LogP contribution in [0.15, 0.2) is 82.3 Å². The van der Waals surface area contributed by atoms with Gasteiger partial charge in [0.25, 0.3) is 0 Å². The minimum Gasteiger partial charge on any atom is -0.468 e. The van der Waals surface area contributed by atoms with Crippen LogP contribution in [0.4, 0.5) is 10.1 Å². The second-order valence-electron chi connectivity index (χ2n) is 7.17. The molecule has 4 rings (SSSR count). The van der Waals surface area contributed by atoms with Crippen molar-refractivity contribution in [2.24, 2.45) is 0 Å². The summed E-state index contributed by atoms with van der Waals surface area (Å²) in [6, 6.07) is 18.5. The molecule has 3 aromatic rings. The van der Waals surface area contributed by atoms with Crippen molar-refractivity contribution in [3.63, 3.8) is 0 Å². The number of anilines is 1. The average Bonchev–Trinajstić information content (AvgIpc) is 3.30. The van der Waals surface area contributed by atoms with Crippen molar-refractivity contribution in [1.29, 1.82) is 0 Å². The lowest BCUT2D eigenvalue weighted by Crippen LogP contribution is -2.50. The summed E-state index contributed by atoms with van der Waals surface area (Å²) < 4.78 is 47.7. The standard InChI is InChI=1S/C22H24FN3O3S/c23-19-9-4-5-10-20(19)25-12-14-26(15-13-25)21(22-11-6-16-29-22)17-24-30(27,28)18-7-2-1-3-8-18/h1-11,16,21,24H,12-15,17H2/t21-/m0/s1. The number of furan rings is 1. The molecular weight excluding hydrogens is 405 g/mol. The summed E-state index contributed by atoms with van der Waals surface area (Å²) in [4.78, 5) is 4.41. The summed E-state index contributed by atoms with van der Waals surface area (Å²) in [5.41, 5.74) is 0.594. The molecule has 0 bridgehead atoms. The molecule has 1 N–H and O–H groups in total. The Morgan fingerprint density at radius 1 is 0.933 bits per heavy atom. The number of halogens is 1. The van der Waals surface area contributed by atoms with Crippen LogP contribution in [0.1, 0.15) is 11.8 Å². The zero-order valence-electron chi connectivity index (χ0n) is 16.4. The molecule has 0 spiro atoms. The number of nitrogens with one attached hydrogen (secondary N) is 1. The smallest absolute Gasteiger partial charge is 0.240 e. The van der Waals surface area contributed by atoms with Gasteiger partial charge in [-0.05, 0) is 36.4 Å². The fourth-order valence-electron chi connectivity index (χ4n) is 3.74. The lowest BCUT2D eigenvalue weighted by Gasteiger charge is -2.39. The van der Waals surface area contributed by atoms with E-state index >= 15 is 0 Å². The highest BCUT2D eigenvalue weighted by molar-refractivity contribution is 7.89. The predicted molar refractivity (Wildman–Crippen MR) is 113 cm³/mol. The van der Waals surface area contributed by atoms with Gasteiger partial charge in [-0.1, -0.05) is 30.3 Å². The zero-order valence-corrected chi connectivity index (χ0v) is 17.3. The van der Waals surface area contributed by atoms with E-state index < -0.39 is 10.0 Å². The Bertz CT molecular complexity index is 1050. The van der Waals surface area contributed by atoms with Crippen LogP contribution in [0.2, 0.25) is 0 Å². The van der Waals surface area contributed by atoms with Crippen molar-refractivity contribution in [3.8, 4) is 0 Å². The van der Waals surface area contributed by atoms with E-state index in [4.69, 9.17) is 4.42 Å². The molecule has 6 nitrogen and oxygen atoms in total. The first-order valence-corrected chi connectivity index (χ1v) is 11.3. The van der Waals surface area contributed by atoms with Gasteiger partial charge in [-0.3, -0.25) is 4.90 Å². The van der Waals surface area contributed by atoms with E-state index in [1.54, 1.807) is 54.8 Å². The highest BCUT2D eigenvalue weighted by Crippen LogP contribution is 2.26. The lowest BCUT2D eigenvalue weighted by molar-refractivity contribution is 0.166. The summed E-state index contributed by atoms with van der Waals surface area (Å²) in [7, 11) is -3.62. The van der Waals surface area contributed by atoms with Gasteiger partial charge in [0.1, 0.15) is 11.6 Å². The van der Waals surface area contributed by atoms with E-state index in [-0.39, 0.29) is 23.3 Å². The predicted octanol–water partition coefficient (Wildman–Crippen LogP) is 3.26. The van der Waals surface area contributed by atoms with Crippen LogP contribution in [0.25, 0.3) is 0 Å². The van der Waals surface area contributed by atoms with Gasteiger partial charge in [0.05, 0.1) is 22.9 Å². The van der Waals surface area contributed by atoms with Crippen LogP contribution in [0.5, 0.6) is 0 Å². The molecule has 1 saturated heterocycles. The van der Waals surface area contributed by atoms with Crippen LogP contribution in [-0.2, 0) is 10.0 Å². The van der Waals surface area contributed by atoms with Crippen molar-refractivity contribution in [1.82, 2.24) is 9.62 Å². The topological polar surface area (TPSA) is 65.8 Å². The summed E-state index contributed by atoms with van der Waals surface area (Å²) in [5, 5.41) is 0. The number of para-hydroxylation sites is 1. The molecule has 0 aliphatic carbocycles. The first-order valence-electron chi connectivity index (χ1n) is 9.86. The SMILES string of the molecule is O=S(=O)(NC[C@@H](c1ccco1)N1CCN(c2ccccc2F)CC1)c1ccccc1. The molecule has 0 saturated carbocycles. The molecule has 2 aromatic carbocycles. The Labute approximate surface area is 176 Å². The molecule has 1 fully saturated rings. The number of sulfonamides is 1. The van der Waals surface area contributed by atoms with Crippen molar-refractivity contribution in [3.05, 3.63) is 84.6 Å². The van der Waals surface area contributed by atoms with Gasteiger partial charge in [-0.15, -0.1) is 0 Å². The number of piperazine rings is 1. The Morgan fingerprint density at radius 3 is 2.30 bits per heavy atom. The zero-order chi connectivity index (χ0) is 21.0. The highest BCUT2D eigenvalue weighted by atomic mass is 32.2. The van der Waals surface area contributed by atoms with E-state index in [0.29, 0.717) is 37.6 Å². The number of rotatable bonds is 7. The second-order valence-corrected chi connectivity index (χ2v) is 8.94. The van der Waals surface area contributed by atoms with E-state index in [1.165, 1.54) is 6.07 Å². The van der Waals surface area contributed by atoms with Gasteiger partial charge < -0.3 is 9.32 Å². The van der Waals surface area contributed by atoms with E-state index in [9.17, 15) is 12.8 Å². The fourth-order valence-corrected chi connectivity index (χ4v) is 4.80. The number of hydrogen-bond donors (Lipinski definition) is 1. The molecule has 1 atom stereocenters. The van der Waals surface area contributed by atoms with Crippen LogP contribution < -0.4 is 9.62 Å². The first-order chi connectivity index (χ1) is 14.5. The molecule has 8 heteroatoms. The van der Waals surface area contributed by atoms with Gasteiger partial charge >= 0.3 is 0 Å².